The molecule has 0 aliphatic heterocycles. The lowest BCUT2D eigenvalue weighted by Crippen LogP contribution is -2.31. The van der Waals surface area contributed by atoms with Crippen LogP contribution in [0.3, 0.4) is 0 Å². The fourth-order valence-electron chi connectivity index (χ4n) is 6.36. The van der Waals surface area contributed by atoms with Gasteiger partial charge in [0.05, 0.1) is 26.1 Å². The molecule has 0 N–H and O–H groups in total. The summed E-state index contributed by atoms with van der Waals surface area (Å²) in [6.45, 7) is 9.87. The summed E-state index contributed by atoms with van der Waals surface area (Å²) in [7, 11) is 3.71. The number of unbranched alkanes of at least 4 members (excludes halogenated alkanes) is 24. The topological polar surface area (TPSA) is 55.8 Å². The first-order valence-corrected chi connectivity index (χ1v) is 25.2. The summed E-state index contributed by atoms with van der Waals surface area (Å²) in [4.78, 5) is 27.1. The van der Waals surface area contributed by atoms with Crippen molar-refractivity contribution in [1.29, 1.82) is 0 Å². The molecule has 0 saturated carbocycles. The molecule has 0 saturated heterocycles. The van der Waals surface area contributed by atoms with Crippen molar-refractivity contribution >= 4 is 33.5 Å². The zero-order valence-corrected chi connectivity index (χ0v) is 37.0. The fraction of sp³-hybridized carbons (Fsp3) is 0.870. The van der Waals surface area contributed by atoms with Gasteiger partial charge in [0.25, 0.3) is 0 Å². The standard InChI is InChI=1S/C46H87NO4S2/c1-4-7-9-11-13-15-17-19-21-23-25-27-29-31-33-35-42-50-45(48)37-39-47(41-44-53-52-6-3)40-38-46(49)51-43-36-34-32-30-28-26-24-22-20-18-16-14-12-10-8-5-2/h19-22H,4-18,23-44H2,1-3H3/b21-19-,22-20-. The van der Waals surface area contributed by atoms with Crippen LogP contribution in [0, 0.1) is 0 Å². The van der Waals surface area contributed by atoms with Crippen molar-refractivity contribution in [2.24, 2.45) is 0 Å². The van der Waals surface area contributed by atoms with Gasteiger partial charge in [-0.15, -0.1) is 0 Å². The summed E-state index contributed by atoms with van der Waals surface area (Å²) in [6, 6.07) is 0. The number of carbonyl (C=O) groups is 2. The van der Waals surface area contributed by atoms with E-state index in [0.29, 0.717) is 39.1 Å². The van der Waals surface area contributed by atoms with E-state index < -0.39 is 0 Å². The van der Waals surface area contributed by atoms with Crippen molar-refractivity contribution in [2.75, 3.05) is 44.4 Å². The Bertz CT molecular complexity index is 761. The van der Waals surface area contributed by atoms with Gasteiger partial charge in [0.1, 0.15) is 0 Å². The van der Waals surface area contributed by atoms with Crippen molar-refractivity contribution in [3.05, 3.63) is 24.3 Å². The Morgan fingerprint density at radius 3 is 1.13 bits per heavy atom. The molecular weight excluding hydrogens is 695 g/mol. The first-order chi connectivity index (χ1) is 26.1. The third kappa shape index (κ3) is 43.7. The zero-order chi connectivity index (χ0) is 38.6. The molecule has 7 heteroatoms. The SMILES string of the molecule is CCCCCCCC/C=C\CCCCCCCCOC(=O)CCN(CCSSCC)CCC(=O)OCCCCCCCC/C=C\CCCCCCCC. The van der Waals surface area contributed by atoms with Crippen LogP contribution in [-0.4, -0.2) is 61.2 Å². The van der Waals surface area contributed by atoms with E-state index in [9.17, 15) is 9.59 Å². The minimum Gasteiger partial charge on any atom is -0.466 e. The van der Waals surface area contributed by atoms with Crippen molar-refractivity contribution in [2.45, 2.75) is 213 Å². The molecule has 312 valence electrons. The number of esters is 2. The van der Waals surface area contributed by atoms with E-state index in [4.69, 9.17) is 9.47 Å². The Kier molecular flexibility index (Phi) is 44.7. The number of rotatable bonds is 43. The van der Waals surface area contributed by atoms with Crippen LogP contribution in [0.1, 0.15) is 213 Å². The summed E-state index contributed by atoms with van der Waals surface area (Å²) in [6.07, 6.45) is 45.9. The highest BCUT2D eigenvalue weighted by Gasteiger charge is 2.12. The fourth-order valence-corrected chi connectivity index (χ4v) is 8.05. The number of allylic oxidation sites excluding steroid dienone is 4. The Hall–Kier alpha value is -0.920. The van der Waals surface area contributed by atoms with Gasteiger partial charge in [-0.25, -0.2) is 0 Å². The summed E-state index contributed by atoms with van der Waals surface area (Å²) in [5.74, 6) is 1.81. The number of carbonyl (C=O) groups excluding carboxylic acids is 2. The Morgan fingerprint density at radius 2 is 0.774 bits per heavy atom. The largest absolute Gasteiger partial charge is 0.466 e. The molecule has 0 aliphatic rings. The number of hydrogen-bond acceptors (Lipinski definition) is 7. The molecule has 0 heterocycles. The second-order valence-corrected chi connectivity index (χ2v) is 17.8. The predicted molar refractivity (Wildman–Crippen MR) is 237 cm³/mol. The minimum atomic E-state index is -0.124. The third-order valence-electron chi connectivity index (χ3n) is 9.79. The molecule has 5 nitrogen and oxygen atoms in total. The summed E-state index contributed by atoms with van der Waals surface area (Å²) in [5, 5.41) is 0. The Morgan fingerprint density at radius 1 is 0.434 bits per heavy atom. The Labute approximate surface area is 338 Å². The Balaban J connectivity index is 3.84. The normalized spacial score (nSPS) is 11.8. The van der Waals surface area contributed by atoms with Crippen molar-refractivity contribution < 1.29 is 19.1 Å². The molecule has 0 aromatic carbocycles. The van der Waals surface area contributed by atoms with E-state index >= 15 is 0 Å². The molecule has 0 rings (SSSR count). The second kappa shape index (κ2) is 45.5. The van der Waals surface area contributed by atoms with Gasteiger partial charge in [-0.3, -0.25) is 9.59 Å². The van der Waals surface area contributed by atoms with Gasteiger partial charge in [0.15, 0.2) is 0 Å². The first kappa shape index (κ1) is 52.1. The summed E-state index contributed by atoms with van der Waals surface area (Å²) >= 11 is 0. The maximum absolute atomic E-state index is 12.4. The van der Waals surface area contributed by atoms with Gasteiger partial charge < -0.3 is 14.4 Å². The van der Waals surface area contributed by atoms with Gasteiger partial charge >= 0.3 is 11.9 Å². The minimum absolute atomic E-state index is 0.124. The number of hydrogen-bond donors (Lipinski definition) is 0. The highest BCUT2D eigenvalue weighted by atomic mass is 33.1. The maximum atomic E-state index is 12.4. The van der Waals surface area contributed by atoms with Crippen LogP contribution >= 0.6 is 21.6 Å². The molecule has 0 aromatic rings. The highest BCUT2D eigenvalue weighted by Crippen LogP contribution is 2.20. The quantitative estimate of drug-likeness (QED) is 0.0264. The van der Waals surface area contributed by atoms with Crippen LogP contribution in [0.2, 0.25) is 0 Å². The van der Waals surface area contributed by atoms with Crippen LogP contribution in [0.25, 0.3) is 0 Å². The number of ether oxygens (including phenoxy) is 2. The lowest BCUT2D eigenvalue weighted by Gasteiger charge is -2.21. The van der Waals surface area contributed by atoms with Gasteiger partial charge in [0.2, 0.25) is 0 Å². The lowest BCUT2D eigenvalue weighted by molar-refractivity contribution is -0.144. The van der Waals surface area contributed by atoms with Crippen LogP contribution in [-0.2, 0) is 19.1 Å². The van der Waals surface area contributed by atoms with Crippen LogP contribution in [0.15, 0.2) is 24.3 Å². The molecule has 53 heavy (non-hydrogen) atoms. The van der Waals surface area contributed by atoms with Gasteiger partial charge in [0, 0.05) is 31.1 Å². The lowest BCUT2D eigenvalue weighted by atomic mass is 10.1. The van der Waals surface area contributed by atoms with Crippen molar-refractivity contribution in [3.8, 4) is 0 Å². The van der Waals surface area contributed by atoms with Crippen molar-refractivity contribution in [3.63, 3.8) is 0 Å². The number of nitrogens with zero attached hydrogens (tertiary/aromatic N) is 1. The van der Waals surface area contributed by atoms with Gasteiger partial charge in [-0.2, -0.15) is 0 Å². The van der Waals surface area contributed by atoms with E-state index in [-0.39, 0.29) is 11.9 Å². The second-order valence-electron chi connectivity index (χ2n) is 14.9. The van der Waals surface area contributed by atoms with E-state index in [1.165, 1.54) is 154 Å². The average Bonchev–Trinajstić information content (AvgIpc) is 3.16. The highest BCUT2D eigenvalue weighted by molar-refractivity contribution is 8.76. The zero-order valence-electron chi connectivity index (χ0n) is 35.4. The predicted octanol–water partition coefficient (Wildman–Crippen LogP) is 14.6. The van der Waals surface area contributed by atoms with E-state index in [1.54, 1.807) is 0 Å². The molecule has 0 unspecified atom stereocenters. The average molecular weight is 782 g/mol. The first-order valence-electron chi connectivity index (χ1n) is 22.7. The summed E-state index contributed by atoms with van der Waals surface area (Å²) < 4.78 is 11.1. The monoisotopic (exact) mass is 782 g/mol. The molecule has 0 amide bonds. The summed E-state index contributed by atoms with van der Waals surface area (Å²) in [5.41, 5.74) is 0. The molecule has 0 atom stereocenters. The smallest absolute Gasteiger partial charge is 0.307 e. The van der Waals surface area contributed by atoms with Gasteiger partial charge in [-0.1, -0.05) is 182 Å². The van der Waals surface area contributed by atoms with Crippen molar-refractivity contribution in [1.82, 2.24) is 4.90 Å². The molecule has 0 fully saturated rings. The van der Waals surface area contributed by atoms with E-state index in [2.05, 4.69) is 50.0 Å². The van der Waals surface area contributed by atoms with Gasteiger partial charge in [-0.05, 0) is 64.2 Å². The molecule has 0 bridgehead atoms. The molecule has 0 radical (unpaired) electrons. The van der Waals surface area contributed by atoms with Crippen LogP contribution < -0.4 is 0 Å². The van der Waals surface area contributed by atoms with E-state index in [1.807, 2.05) is 21.6 Å². The molecule has 0 aliphatic carbocycles. The molecular formula is C46H87NO4S2. The molecule has 0 spiro atoms. The van der Waals surface area contributed by atoms with E-state index in [0.717, 1.165) is 43.7 Å². The van der Waals surface area contributed by atoms with Crippen LogP contribution in [0.5, 0.6) is 0 Å². The maximum Gasteiger partial charge on any atom is 0.307 e. The van der Waals surface area contributed by atoms with Crippen LogP contribution in [0.4, 0.5) is 0 Å². The molecule has 0 aromatic heterocycles. The third-order valence-corrected chi connectivity index (χ3v) is 12.3.